The van der Waals surface area contributed by atoms with Crippen LogP contribution in [0.3, 0.4) is 0 Å². The normalized spacial score (nSPS) is 14.4. The van der Waals surface area contributed by atoms with E-state index in [1.54, 1.807) is 0 Å². The Kier molecular flexibility index (Phi) is 4.53. The molecule has 100 valence electrons. The summed E-state index contributed by atoms with van der Waals surface area (Å²) in [5.41, 5.74) is 3.85. The molecule has 0 radical (unpaired) electrons. The molecule has 0 bridgehead atoms. The van der Waals surface area contributed by atoms with Gasteiger partial charge in [0.15, 0.2) is 0 Å². The lowest BCUT2D eigenvalue weighted by Crippen LogP contribution is -2.30. The maximum absolute atomic E-state index is 4.79. The van der Waals surface area contributed by atoms with Crippen molar-refractivity contribution in [3.05, 3.63) is 17.0 Å². The Morgan fingerprint density at radius 3 is 2.61 bits per heavy atom. The van der Waals surface area contributed by atoms with E-state index in [4.69, 9.17) is 9.97 Å². The maximum atomic E-state index is 4.79. The minimum atomic E-state index is 0.920. The lowest BCUT2D eigenvalue weighted by Gasteiger charge is -2.24. The first-order chi connectivity index (χ1) is 8.80. The summed E-state index contributed by atoms with van der Waals surface area (Å²) in [5, 5.41) is 3.42. The average molecular weight is 248 g/mol. The number of hydrogen-bond donors (Lipinski definition) is 1. The Labute approximate surface area is 110 Å². The number of nitrogens with zero attached hydrogens (tertiary/aromatic N) is 3. The van der Waals surface area contributed by atoms with Crippen LogP contribution in [-0.2, 0) is 19.4 Å². The molecule has 2 rings (SSSR count). The Morgan fingerprint density at radius 1 is 1.17 bits per heavy atom. The molecule has 1 aliphatic heterocycles. The Bertz CT molecular complexity index is 399. The minimum Gasteiger partial charge on any atom is -0.341 e. The summed E-state index contributed by atoms with van der Waals surface area (Å²) in [6, 6.07) is 0. The van der Waals surface area contributed by atoms with Crippen LogP contribution in [0.25, 0.3) is 0 Å². The monoisotopic (exact) mass is 248 g/mol. The summed E-state index contributed by atoms with van der Waals surface area (Å²) in [7, 11) is 0. The number of hydrogen-bond acceptors (Lipinski definition) is 4. The van der Waals surface area contributed by atoms with Crippen molar-refractivity contribution in [1.82, 2.24) is 15.3 Å². The van der Waals surface area contributed by atoms with Crippen LogP contribution in [-0.4, -0.2) is 29.6 Å². The molecule has 18 heavy (non-hydrogen) atoms. The van der Waals surface area contributed by atoms with Crippen molar-refractivity contribution in [2.75, 3.05) is 24.5 Å². The van der Waals surface area contributed by atoms with Crippen molar-refractivity contribution in [3.63, 3.8) is 0 Å². The first-order valence-corrected chi connectivity index (χ1v) is 7.14. The molecule has 4 heteroatoms. The van der Waals surface area contributed by atoms with Gasteiger partial charge in [-0.3, -0.25) is 0 Å². The van der Waals surface area contributed by atoms with Crippen LogP contribution in [0.5, 0.6) is 0 Å². The molecular formula is C14H24N4. The van der Waals surface area contributed by atoms with Gasteiger partial charge in [0.25, 0.3) is 0 Å². The quantitative estimate of drug-likeness (QED) is 0.864. The van der Waals surface area contributed by atoms with E-state index in [1.807, 2.05) is 0 Å². The molecule has 0 fully saturated rings. The number of nitrogens with one attached hydrogen (secondary N) is 1. The fourth-order valence-corrected chi connectivity index (χ4v) is 2.49. The largest absolute Gasteiger partial charge is 0.341 e. The van der Waals surface area contributed by atoms with E-state index in [0.717, 1.165) is 51.4 Å². The van der Waals surface area contributed by atoms with Crippen LogP contribution in [0.4, 0.5) is 5.95 Å². The summed E-state index contributed by atoms with van der Waals surface area (Å²) in [5.74, 6) is 0.920. The van der Waals surface area contributed by atoms with Crippen molar-refractivity contribution in [2.24, 2.45) is 0 Å². The molecule has 0 saturated heterocycles. The number of anilines is 1. The second-order valence-electron chi connectivity index (χ2n) is 4.74. The third kappa shape index (κ3) is 2.64. The number of fused-ring (bicyclic) bond motifs is 1. The van der Waals surface area contributed by atoms with Crippen LogP contribution in [0.15, 0.2) is 0 Å². The van der Waals surface area contributed by atoms with Gasteiger partial charge in [-0.2, -0.15) is 0 Å². The van der Waals surface area contributed by atoms with Gasteiger partial charge in [-0.25, -0.2) is 9.97 Å². The molecule has 0 atom stereocenters. The van der Waals surface area contributed by atoms with E-state index >= 15 is 0 Å². The second-order valence-corrected chi connectivity index (χ2v) is 4.74. The van der Waals surface area contributed by atoms with E-state index in [0.29, 0.717) is 0 Å². The highest BCUT2D eigenvalue weighted by molar-refractivity contribution is 5.38. The van der Waals surface area contributed by atoms with Gasteiger partial charge in [0, 0.05) is 38.2 Å². The molecule has 0 amide bonds. The molecule has 4 nitrogen and oxygen atoms in total. The Balaban J connectivity index is 2.40. The van der Waals surface area contributed by atoms with Gasteiger partial charge in [0.2, 0.25) is 5.95 Å². The predicted molar refractivity (Wildman–Crippen MR) is 75.0 cm³/mol. The van der Waals surface area contributed by atoms with Gasteiger partial charge in [0.1, 0.15) is 0 Å². The molecule has 0 unspecified atom stereocenters. The lowest BCUT2D eigenvalue weighted by atomic mass is 10.0. The van der Waals surface area contributed by atoms with E-state index in [-0.39, 0.29) is 0 Å². The first-order valence-electron chi connectivity index (χ1n) is 7.14. The number of aromatic nitrogens is 2. The molecule has 1 aliphatic rings. The highest BCUT2D eigenvalue weighted by Crippen LogP contribution is 2.20. The smallest absolute Gasteiger partial charge is 0.225 e. The predicted octanol–water partition coefficient (Wildman–Crippen LogP) is 1.92. The van der Waals surface area contributed by atoms with E-state index in [1.165, 1.54) is 17.0 Å². The zero-order valence-corrected chi connectivity index (χ0v) is 11.8. The molecule has 0 aromatic carbocycles. The standard InChI is InChI=1S/C14H24N4/c1-4-7-12-11-10-15-9-8-13(11)17-14(16-12)18(5-2)6-3/h15H,4-10H2,1-3H3. The van der Waals surface area contributed by atoms with Crippen molar-refractivity contribution < 1.29 is 0 Å². The summed E-state index contributed by atoms with van der Waals surface area (Å²) in [6.45, 7) is 10.4. The molecular weight excluding hydrogens is 224 g/mol. The molecule has 1 aromatic heterocycles. The SMILES string of the molecule is CCCc1nc(N(CC)CC)nc2c1CNCC2. The summed E-state index contributed by atoms with van der Waals surface area (Å²) >= 11 is 0. The Hall–Kier alpha value is -1.16. The van der Waals surface area contributed by atoms with Gasteiger partial charge in [-0.15, -0.1) is 0 Å². The van der Waals surface area contributed by atoms with Gasteiger partial charge < -0.3 is 10.2 Å². The molecule has 1 N–H and O–H groups in total. The third-order valence-corrected chi connectivity index (χ3v) is 3.54. The van der Waals surface area contributed by atoms with Crippen LogP contribution < -0.4 is 10.2 Å². The van der Waals surface area contributed by atoms with Crippen molar-refractivity contribution in [2.45, 2.75) is 46.6 Å². The zero-order valence-electron chi connectivity index (χ0n) is 11.8. The van der Waals surface area contributed by atoms with E-state index in [2.05, 4.69) is 31.0 Å². The fraction of sp³-hybridized carbons (Fsp3) is 0.714. The van der Waals surface area contributed by atoms with Crippen molar-refractivity contribution in [3.8, 4) is 0 Å². The summed E-state index contributed by atoms with van der Waals surface area (Å²) in [4.78, 5) is 11.8. The molecule has 0 aliphatic carbocycles. The number of rotatable bonds is 5. The van der Waals surface area contributed by atoms with Gasteiger partial charge in [0.05, 0.1) is 11.4 Å². The topological polar surface area (TPSA) is 41.1 Å². The maximum Gasteiger partial charge on any atom is 0.225 e. The van der Waals surface area contributed by atoms with E-state index < -0.39 is 0 Å². The highest BCUT2D eigenvalue weighted by Gasteiger charge is 2.18. The van der Waals surface area contributed by atoms with Gasteiger partial charge in [-0.1, -0.05) is 13.3 Å². The van der Waals surface area contributed by atoms with Crippen LogP contribution in [0, 0.1) is 0 Å². The summed E-state index contributed by atoms with van der Waals surface area (Å²) in [6.07, 6.45) is 3.23. The highest BCUT2D eigenvalue weighted by atomic mass is 15.2. The van der Waals surface area contributed by atoms with Crippen LogP contribution >= 0.6 is 0 Å². The molecule has 2 heterocycles. The van der Waals surface area contributed by atoms with Crippen LogP contribution in [0.1, 0.15) is 44.1 Å². The fourth-order valence-electron chi connectivity index (χ4n) is 2.49. The van der Waals surface area contributed by atoms with Gasteiger partial charge in [-0.05, 0) is 20.3 Å². The van der Waals surface area contributed by atoms with Gasteiger partial charge >= 0.3 is 0 Å². The van der Waals surface area contributed by atoms with Crippen LogP contribution in [0.2, 0.25) is 0 Å². The number of aryl methyl sites for hydroxylation is 1. The molecule has 1 aromatic rings. The van der Waals surface area contributed by atoms with Crippen molar-refractivity contribution in [1.29, 1.82) is 0 Å². The summed E-state index contributed by atoms with van der Waals surface area (Å²) < 4.78 is 0. The second kappa shape index (κ2) is 6.14. The molecule has 0 spiro atoms. The lowest BCUT2D eigenvalue weighted by molar-refractivity contribution is 0.611. The van der Waals surface area contributed by atoms with E-state index in [9.17, 15) is 0 Å². The molecule has 0 saturated carbocycles. The minimum absolute atomic E-state index is 0.920. The first kappa shape index (κ1) is 13.3. The average Bonchev–Trinajstić information content (AvgIpc) is 2.40. The third-order valence-electron chi connectivity index (χ3n) is 3.54. The zero-order chi connectivity index (χ0) is 13.0. The Morgan fingerprint density at radius 2 is 1.94 bits per heavy atom. The van der Waals surface area contributed by atoms with Crippen molar-refractivity contribution >= 4 is 5.95 Å².